The van der Waals surface area contributed by atoms with Crippen molar-refractivity contribution in [2.75, 3.05) is 32.9 Å². The van der Waals surface area contributed by atoms with Crippen molar-refractivity contribution in [3.63, 3.8) is 0 Å². The molecule has 1 aromatic rings. The van der Waals surface area contributed by atoms with E-state index in [9.17, 15) is 4.79 Å². The fourth-order valence-corrected chi connectivity index (χ4v) is 3.41. The molecule has 2 fully saturated rings. The van der Waals surface area contributed by atoms with E-state index in [2.05, 4.69) is 17.1 Å². The maximum atomic E-state index is 12.2. The third-order valence-electron chi connectivity index (χ3n) is 4.83. The normalized spacial score (nSPS) is 23.0. The predicted molar refractivity (Wildman–Crippen MR) is 87.2 cm³/mol. The minimum atomic E-state index is 0.106. The molecule has 0 spiro atoms. The quantitative estimate of drug-likeness (QED) is 0.836. The molecule has 2 saturated heterocycles. The molecule has 3 heterocycles. The lowest BCUT2D eigenvalue weighted by Gasteiger charge is -2.32. The molecule has 5 heteroatoms. The van der Waals surface area contributed by atoms with Gasteiger partial charge in [0.25, 0.3) is 0 Å². The van der Waals surface area contributed by atoms with Crippen molar-refractivity contribution in [1.82, 2.24) is 9.88 Å². The van der Waals surface area contributed by atoms with Gasteiger partial charge in [0, 0.05) is 32.1 Å². The Labute approximate surface area is 138 Å². The van der Waals surface area contributed by atoms with Crippen molar-refractivity contribution in [2.24, 2.45) is 0 Å². The van der Waals surface area contributed by atoms with Crippen molar-refractivity contribution < 1.29 is 14.3 Å². The van der Waals surface area contributed by atoms with Gasteiger partial charge < -0.3 is 14.4 Å². The number of amides is 1. The van der Waals surface area contributed by atoms with Crippen molar-refractivity contribution in [1.29, 1.82) is 0 Å². The molecule has 0 radical (unpaired) electrons. The van der Waals surface area contributed by atoms with Gasteiger partial charge in [0.2, 0.25) is 5.91 Å². The van der Waals surface area contributed by atoms with Crippen molar-refractivity contribution in [3.05, 3.63) is 30.1 Å². The summed E-state index contributed by atoms with van der Waals surface area (Å²) in [6, 6.07) is 4.16. The average molecular weight is 318 g/mol. The molecule has 0 aromatic carbocycles. The van der Waals surface area contributed by atoms with E-state index in [1.54, 1.807) is 0 Å². The van der Waals surface area contributed by atoms with Crippen molar-refractivity contribution >= 4 is 5.91 Å². The molecule has 1 amide bonds. The van der Waals surface area contributed by atoms with Gasteiger partial charge in [-0.2, -0.15) is 0 Å². The lowest BCUT2D eigenvalue weighted by atomic mass is 9.90. The van der Waals surface area contributed by atoms with Gasteiger partial charge in [-0.25, -0.2) is 0 Å². The maximum Gasteiger partial charge on any atom is 0.248 e. The molecule has 0 unspecified atom stereocenters. The second-order valence-electron chi connectivity index (χ2n) is 6.44. The standard InChI is InChI=1S/C18H26N2O3/c21-18(14-22-13-17-3-1-2-12-23-17)20-10-6-16(7-11-20)15-4-8-19-9-5-15/h4-5,8-9,16-17H,1-3,6-7,10-14H2/t17-/m1/s1. The molecule has 1 aromatic heterocycles. The number of likely N-dealkylation sites (tertiary alicyclic amines) is 1. The highest BCUT2D eigenvalue weighted by Gasteiger charge is 2.24. The molecular weight excluding hydrogens is 292 g/mol. The number of carbonyl (C=O) groups excluding carboxylic acids is 1. The number of nitrogens with zero attached hydrogens (tertiary/aromatic N) is 2. The molecule has 23 heavy (non-hydrogen) atoms. The summed E-state index contributed by atoms with van der Waals surface area (Å²) in [5, 5.41) is 0. The van der Waals surface area contributed by atoms with E-state index in [-0.39, 0.29) is 18.6 Å². The Bertz CT molecular complexity index is 480. The lowest BCUT2D eigenvalue weighted by molar-refractivity contribution is -0.139. The summed E-state index contributed by atoms with van der Waals surface area (Å²) in [5.41, 5.74) is 1.33. The van der Waals surface area contributed by atoms with Crippen LogP contribution in [0.25, 0.3) is 0 Å². The summed E-state index contributed by atoms with van der Waals surface area (Å²) in [4.78, 5) is 18.2. The van der Waals surface area contributed by atoms with E-state index in [4.69, 9.17) is 9.47 Å². The predicted octanol–water partition coefficient (Wildman–Crippen LogP) is 2.37. The fraction of sp³-hybridized carbons (Fsp3) is 0.667. The first kappa shape index (κ1) is 16.4. The molecule has 0 saturated carbocycles. The molecule has 126 valence electrons. The zero-order valence-electron chi connectivity index (χ0n) is 13.7. The SMILES string of the molecule is O=C(COC[C@H]1CCCCO1)N1CCC(c2ccncc2)CC1. The minimum absolute atomic E-state index is 0.106. The Morgan fingerprint density at radius 3 is 2.70 bits per heavy atom. The van der Waals surface area contributed by atoms with Crippen LogP contribution >= 0.6 is 0 Å². The second kappa shape index (κ2) is 8.41. The maximum absolute atomic E-state index is 12.2. The highest BCUT2D eigenvalue weighted by atomic mass is 16.5. The molecule has 1 atom stereocenters. The third kappa shape index (κ3) is 4.75. The van der Waals surface area contributed by atoms with Crippen LogP contribution in [-0.4, -0.2) is 54.8 Å². The zero-order valence-corrected chi connectivity index (χ0v) is 13.7. The molecule has 5 nitrogen and oxygen atoms in total. The van der Waals surface area contributed by atoms with Crippen LogP contribution in [0, 0.1) is 0 Å². The first-order valence-corrected chi connectivity index (χ1v) is 8.70. The van der Waals surface area contributed by atoms with Gasteiger partial charge in [0.05, 0.1) is 12.7 Å². The average Bonchev–Trinajstić information content (AvgIpc) is 2.63. The Kier molecular flexibility index (Phi) is 6.00. The van der Waals surface area contributed by atoms with Crippen LogP contribution in [0.2, 0.25) is 0 Å². The number of carbonyl (C=O) groups is 1. The lowest BCUT2D eigenvalue weighted by Crippen LogP contribution is -2.40. The topological polar surface area (TPSA) is 51.7 Å². The third-order valence-corrected chi connectivity index (χ3v) is 4.83. The Balaban J connectivity index is 1.36. The van der Waals surface area contributed by atoms with Gasteiger partial charge in [-0.15, -0.1) is 0 Å². The first-order chi connectivity index (χ1) is 11.3. The van der Waals surface area contributed by atoms with E-state index in [1.807, 2.05) is 17.3 Å². The summed E-state index contributed by atoms with van der Waals surface area (Å²) >= 11 is 0. The smallest absolute Gasteiger partial charge is 0.248 e. The number of hydrogen-bond acceptors (Lipinski definition) is 4. The fourth-order valence-electron chi connectivity index (χ4n) is 3.41. The van der Waals surface area contributed by atoms with Crippen LogP contribution in [0.4, 0.5) is 0 Å². The van der Waals surface area contributed by atoms with Crippen LogP contribution in [0.5, 0.6) is 0 Å². The van der Waals surface area contributed by atoms with E-state index in [0.29, 0.717) is 12.5 Å². The number of aromatic nitrogens is 1. The number of rotatable bonds is 5. The van der Waals surface area contributed by atoms with Crippen LogP contribution in [0.3, 0.4) is 0 Å². The van der Waals surface area contributed by atoms with Gasteiger partial charge in [0.1, 0.15) is 6.61 Å². The first-order valence-electron chi connectivity index (χ1n) is 8.70. The Hall–Kier alpha value is -1.46. The number of ether oxygens (including phenoxy) is 2. The van der Waals surface area contributed by atoms with Crippen LogP contribution in [-0.2, 0) is 14.3 Å². The van der Waals surface area contributed by atoms with Gasteiger partial charge in [-0.05, 0) is 55.7 Å². The zero-order chi connectivity index (χ0) is 15.9. The Morgan fingerprint density at radius 2 is 2.00 bits per heavy atom. The minimum Gasteiger partial charge on any atom is -0.376 e. The molecule has 0 aliphatic carbocycles. The van der Waals surface area contributed by atoms with Crippen LogP contribution in [0.1, 0.15) is 43.6 Å². The number of pyridine rings is 1. The van der Waals surface area contributed by atoms with Gasteiger partial charge in [0.15, 0.2) is 0 Å². The largest absolute Gasteiger partial charge is 0.376 e. The summed E-state index contributed by atoms with van der Waals surface area (Å²) in [7, 11) is 0. The van der Waals surface area contributed by atoms with E-state index >= 15 is 0 Å². The molecule has 0 N–H and O–H groups in total. The number of piperidine rings is 1. The molecule has 0 bridgehead atoms. The van der Waals surface area contributed by atoms with Crippen LogP contribution < -0.4 is 0 Å². The number of hydrogen-bond donors (Lipinski definition) is 0. The summed E-state index contributed by atoms with van der Waals surface area (Å²) in [5.74, 6) is 0.646. The van der Waals surface area contributed by atoms with Crippen molar-refractivity contribution in [3.8, 4) is 0 Å². The van der Waals surface area contributed by atoms with Gasteiger partial charge in [-0.1, -0.05) is 0 Å². The monoisotopic (exact) mass is 318 g/mol. The highest BCUT2D eigenvalue weighted by molar-refractivity contribution is 5.77. The second-order valence-corrected chi connectivity index (χ2v) is 6.44. The van der Waals surface area contributed by atoms with E-state index in [1.165, 1.54) is 12.0 Å². The van der Waals surface area contributed by atoms with E-state index < -0.39 is 0 Å². The molecule has 3 rings (SSSR count). The van der Waals surface area contributed by atoms with Gasteiger partial charge in [-0.3, -0.25) is 9.78 Å². The van der Waals surface area contributed by atoms with Crippen LogP contribution in [0.15, 0.2) is 24.5 Å². The molecule has 2 aliphatic rings. The summed E-state index contributed by atoms with van der Waals surface area (Å²) < 4.78 is 11.2. The highest BCUT2D eigenvalue weighted by Crippen LogP contribution is 2.27. The molecule has 2 aliphatic heterocycles. The Morgan fingerprint density at radius 1 is 1.22 bits per heavy atom. The van der Waals surface area contributed by atoms with E-state index in [0.717, 1.165) is 45.4 Å². The summed E-state index contributed by atoms with van der Waals surface area (Å²) in [6.07, 6.45) is 9.28. The van der Waals surface area contributed by atoms with Gasteiger partial charge >= 0.3 is 0 Å². The molecular formula is C18H26N2O3. The van der Waals surface area contributed by atoms with Crippen molar-refractivity contribution in [2.45, 2.75) is 44.1 Å². The summed E-state index contributed by atoms with van der Waals surface area (Å²) in [6.45, 7) is 3.17.